The molecule has 0 radical (unpaired) electrons. The Morgan fingerprint density at radius 2 is 1.81 bits per heavy atom. The molecule has 8 nitrogen and oxygen atoms in total. The topological polar surface area (TPSA) is 107 Å². The number of piperidine rings is 1. The predicted molar refractivity (Wildman–Crippen MR) is 121 cm³/mol. The second-order valence-corrected chi connectivity index (χ2v) is 10.1. The first-order valence-corrected chi connectivity index (χ1v) is 12.6. The number of aryl methyl sites for hydroxylation is 1. The van der Waals surface area contributed by atoms with Crippen molar-refractivity contribution in [2.45, 2.75) is 37.5 Å². The van der Waals surface area contributed by atoms with Crippen LogP contribution in [-0.2, 0) is 16.3 Å². The molecule has 0 aromatic heterocycles. The maximum atomic E-state index is 12.9. The van der Waals surface area contributed by atoms with E-state index in [1.54, 1.807) is 4.90 Å². The van der Waals surface area contributed by atoms with Gasteiger partial charge in [-0.15, -0.1) is 0 Å². The molecule has 0 spiro atoms. The number of rotatable bonds is 8. The van der Waals surface area contributed by atoms with Gasteiger partial charge in [-0.2, -0.15) is 0 Å². The molecule has 0 unspecified atom stereocenters. The largest absolute Gasteiger partial charge is 0.494 e. The van der Waals surface area contributed by atoms with Crippen LogP contribution in [0.5, 0.6) is 5.75 Å². The molecule has 172 valence electrons. The molecule has 1 fully saturated rings. The standard InChI is InChI=1S/C23H28N2O6S/c1-3-31-21-8-6-17(7-9-21)4-5-18-10-12-24(13-11-18)23(26)19-14-20(25(27)28)16-22(15-19)32(2,29)30/h6-9,14-16,18H,3-5,10-13H2,1-2H3. The van der Waals surface area contributed by atoms with Crippen LogP contribution >= 0.6 is 0 Å². The number of hydrogen-bond acceptors (Lipinski definition) is 6. The quantitative estimate of drug-likeness (QED) is 0.437. The summed E-state index contributed by atoms with van der Waals surface area (Å²) in [7, 11) is -3.68. The van der Waals surface area contributed by atoms with Gasteiger partial charge in [-0.05, 0) is 62.3 Å². The first-order valence-electron chi connectivity index (χ1n) is 10.7. The summed E-state index contributed by atoms with van der Waals surface area (Å²) in [6.07, 6.45) is 4.63. The number of benzene rings is 2. The van der Waals surface area contributed by atoms with Crippen molar-refractivity contribution in [2.24, 2.45) is 5.92 Å². The number of carbonyl (C=O) groups is 1. The monoisotopic (exact) mass is 460 g/mol. The molecule has 0 atom stereocenters. The lowest BCUT2D eigenvalue weighted by molar-refractivity contribution is -0.385. The summed E-state index contributed by atoms with van der Waals surface area (Å²) < 4.78 is 29.2. The molecule has 0 saturated carbocycles. The van der Waals surface area contributed by atoms with Crippen molar-refractivity contribution in [1.82, 2.24) is 4.90 Å². The molecule has 1 saturated heterocycles. The number of nitro benzene ring substituents is 1. The van der Waals surface area contributed by atoms with Gasteiger partial charge in [0.1, 0.15) is 5.75 Å². The fourth-order valence-electron chi connectivity index (χ4n) is 3.92. The summed E-state index contributed by atoms with van der Waals surface area (Å²) in [6, 6.07) is 11.5. The van der Waals surface area contributed by atoms with E-state index in [0.29, 0.717) is 25.6 Å². The molecule has 2 aromatic carbocycles. The predicted octanol–water partition coefficient (Wildman–Crippen LogP) is 3.88. The molecule has 9 heteroatoms. The van der Waals surface area contributed by atoms with Crippen LogP contribution in [-0.4, -0.2) is 50.1 Å². The van der Waals surface area contributed by atoms with Gasteiger partial charge in [-0.1, -0.05) is 12.1 Å². The van der Waals surface area contributed by atoms with Crippen molar-refractivity contribution in [1.29, 1.82) is 0 Å². The SMILES string of the molecule is CCOc1ccc(CCC2CCN(C(=O)c3cc([N+](=O)[O-])cc(S(C)(=O)=O)c3)CC2)cc1. The highest BCUT2D eigenvalue weighted by Crippen LogP contribution is 2.26. The molecule has 32 heavy (non-hydrogen) atoms. The summed E-state index contributed by atoms with van der Waals surface area (Å²) in [5, 5.41) is 11.2. The van der Waals surface area contributed by atoms with Gasteiger partial charge in [0.15, 0.2) is 9.84 Å². The molecule has 0 aliphatic carbocycles. The Bertz CT molecular complexity index is 1070. The minimum atomic E-state index is -3.68. The Labute approximate surface area is 188 Å². The van der Waals surface area contributed by atoms with E-state index < -0.39 is 20.4 Å². The molecule has 1 amide bonds. The first-order chi connectivity index (χ1) is 15.2. The lowest BCUT2D eigenvalue weighted by atomic mass is 9.90. The smallest absolute Gasteiger partial charge is 0.271 e. The van der Waals surface area contributed by atoms with E-state index in [9.17, 15) is 23.3 Å². The Morgan fingerprint density at radius 1 is 1.16 bits per heavy atom. The lowest BCUT2D eigenvalue weighted by Crippen LogP contribution is -2.38. The lowest BCUT2D eigenvalue weighted by Gasteiger charge is -2.32. The summed E-state index contributed by atoms with van der Waals surface area (Å²) >= 11 is 0. The summed E-state index contributed by atoms with van der Waals surface area (Å²) in [5.41, 5.74) is 0.880. The number of sulfone groups is 1. The Hall–Kier alpha value is -2.94. The van der Waals surface area contributed by atoms with Crippen LogP contribution < -0.4 is 4.74 Å². The number of ether oxygens (including phenoxy) is 1. The van der Waals surface area contributed by atoms with Gasteiger partial charge in [0.05, 0.1) is 16.4 Å². The zero-order valence-corrected chi connectivity index (χ0v) is 19.1. The van der Waals surface area contributed by atoms with Gasteiger partial charge < -0.3 is 9.64 Å². The Kier molecular flexibility index (Phi) is 7.50. The van der Waals surface area contributed by atoms with E-state index in [1.165, 1.54) is 11.6 Å². The molecule has 1 aliphatic heterocycles. The van der Waals surface area contributed by atoms with Gasteiger partial charge in [-0.3, -0.25) is 14.9 Å². The van der Waals surface area contributed by atoms with Crippen LogP contribution in [0.15, 0.2) is 47.4 Å². The molecular formula is C23H28N2O6S. The van der Waals surface area contributed by atoms with Crippen molar-refractivity contribution in [3.8, 4) is 5.75 Å². The van der Waals surface area contributed by atoms with Gasteiger partial charge in [0.25, 0.3) is 11.6 Å². The van der Waals surface area contributed by atoms with Crippen LogP contribution in [0.4, 0.5) is 5.69 Å². The average Bonchev–Trinajstić information content (AvgIpc) is 2.78. The van der Waals surface area contributed by atoms with E-state index in [4.69, 9.17) is 4.74 Å². The highest BCUT2D eigenvalue weighted by Gasteiger charge is 2.26. The van der Waals surface area contributed by atoms with Gasteiger partial charge in [0, 0.05) is 37.0 Å². The third-order valence-electron chi connectivity index (χ3n) is 5.75. The first kappa shape index (κ1) is 23.7. The van der Waals surface area contributed by atoms with Crippen LogP contribution in [0.2, 0.25) is 0 Å². The number of non-ortho nitro benzene ring substituents is 1. The maximum Gasteiger partial charge on any atom is 0.271 e. The van der Waals surface area contributed by atoms with E-state index >= 15 is 0 Å². The molecule has 2 aromatic rings. The Balaban J connectivity index is 1.59. The highest BCUT2D eigenvalue weighted by atomic mass is 32.2. The number of amides is 1. The van der Waals surface area contributed by atoms with Gasteiger partial charge >= 0.3 is 0 Å². The summed E-state index contributed by atoms with van der Waals surface area (Å²) in [5.74, 6) is 0.981. The molecule has 0 bridgehead atoms. The molecule has 0 N–H and O–H groups in total. The van der Waals surface area contributed by atoms with Gasteiger partial charge in [0.2, 0.25) is 0 Å². The maximum absolute atomic E-state index is 12.9. The second-order valence-electron chi connectivity index (χ2n) is 8.10. The van der Waals surface area contributed by atoms with E-state index in [1.807, 2.05) is 19.1 Å². The number of hydrogen-bond donors (Lipinski definition) is 0. The van der Waals surface area contributed by atoms with Crippen LogP contribution in [0.1, 0.15) is 42.1 Å². The van der Waals surface area contributed by atoms with E-state index in [-0.39, 0.29) is 16.4 Å². The minimum Gasteiger partial charge on any atom is -0.494 e. The zero-order valence-electron chi connectivity index (χ0n) is 18.3. The third kappa shape index (κ3) is 6.06. The number of nitro groups is 1. The molecular weight excluding hydrogens is 432 g/mol. The van der Waals surface area contributed by atoms with Crippen LogP contribution in [0, 0.1) is 16.0 Å². The molecule has 1 heterocycles. The molecule has 3 rings (SSSR count). The van der Waals surface area contributed by atoms with Crippen LogP contribution in [0.3, 0.4) is 0 Å². The van der Waals surface area contributed by atoms with E-state index in [0.717, 1.165) is 49.8 Å². The number of carbonyl (C=O) groups excluding carboxylic acids is 1. The van der Waals surface area contributed by atoms with E-state index in [2.05, 4.69) is 12.1 Å². The summed E-state index contributed by atoms with van der Waals surface area (Å²) in [4.78, 5) is 24.9. The normalized spacial score (nSPS) is 14.9. The minimum absolute atomic E-state index is 0.0347. The third-order valence-corrected chi connectivity index (χ3v) is 6.85. The van der Waals surface area contributed by atoms with Crippen molar-refractivity contribution in [2.75, 3.05) is 26.0 Å². The van der Waals surface area contributed by atoms with Crippen molar-refractivity contribution < 1.29 is 22.9 Å². The summed E-state index contributed by atoms with van der Waals surface area (Å²) in [6.45, 7) is 3.69. The second kappa shape index (κ2) is 10.1. The number of nitrogens with zero attached hydrogens (tertiary/aromatic N) is 2. The van der Waals surface area contributed by atoms with Gasteiger partial charge in [-0.25, -0.2) is 8.42 Å². The fraction of sp³-hybridized carbons (Fsp3) is 0.435. The highest BCUT2D eigenvalue weighted by molar-refractivity contribution is 7.90. The number of likely N-dealkylation sites (tertiary alicyclic amines) is 1. The van der Waals surface area contributed by atoms with Crippen LogP contribution in [0.25, 0.3) is 0 Å². The average molecular weight is 461 g/mol. The fourth-order valence-corrected chi connectivity index (χ4v) is 4.60. The van der Waals surface area contributed by atoms with Crippen molar-refractivity contribution >= 4 is 21.4 Å². The zero-order chi connectivity index (χ0) is 23.3. The Morgan fingerprint density at radius 3 is 2.38 bits per heavy atom. The molecule has 1 aliphatic rings. The van der Waals surface area contributed by atoms with Crippen molar-refractivity contribution in [3.63, 3.8) is 0 Å². The van der Waals surface area contributed by atoms with Crippen molar-refractivity contribution in [3.05, 3.63) is 63.7 Å².